The van der Waals surface area contributed by atoms with E-state index in [9.17, 15) is 14.3 Å². The molecule has 1 aromatic rings. The van der Waals surface area contributed by atoms with Gasteiger partial charge in [0.25, 0.3) is 0 Å². The van der Waals surface area contributed by atoms with Gasteiger partial charge in [0.15, 0.2) is 5.78 Å². The average molecular weight is 362 g/mol. The predicted octanol–water partition coefficient (Wildman–Crippen LogP) is 3.83. The molecule has 0 aliphatic heterocycles. The van der Waals surface area contributed by atoms with Crippen molar-refractivity contribution < 1.29 is 23.8 Å². The molecule has 0 amide bonds. The van der Waals surface area contributed by atoms with Gasteiger partial charge in [0.05, 0.1) is 13.7 Å². The van der Waals surface area contributed by atoms with Crippen molar-refractivity contribution in [1.29, 1.82) is 0 Å². The Hall–Kier alpha value is -2.14. The Balaban J connectivity index is 2.24. The van der Waals surface area contributed by atoms with Crippen molar-refractivity contribution in [2.45, 2.75) is 38.7 Å². The van der Waals surface area contributed by atoms with Crippen molar-refractivity contribution in [1.82, 2.24) is 0 Å². The molecule has 0 bridgehead atoms. The highest BCUT2D eigenvalue weighted by Gasteiger charge is 2.43. The summed E-state index contributed by atoms with van der Waals surface area (Å²) in [5, 5.41) is 11.2. The maximum Gasteiger partial charge on any atom is 0.162 e. The Morgan fingerprint density at radius 2 is 2.23 bits per heavy atom. The molecule has 0 fully saturated rings. The van der Waals surface area contributed by atoms with Gasteiger partial charge in [-0.3, -0.25) is 4.79 Å². The summed E-state index contributed by atoms with van der Waals surface area (Å²) in [5.74, 6) is -0.151. The molecule has 0 heterocycles. The Labute approximate surface area is 154 Å². The van der Waals surface area contributed by atoms with Crippen LogP contribution in [0.3, 0.4) is 0 Å². The number of aliphatic hydroxyl groups is 1. The molecule has 0 spiro atoms. The van der Waals surface area contributed by atoms with Crippen molar-refractivity contribution in [2.75, 3.05) is 13.7 Å². The number of rotatable bonds is 8. The van der Waals surface area contributed by atoms with Gasteiger partial charge in [0.2, 0.25) is 0 Å². The number of carbonyl (C=O) groups excluding carboxylic acids is 1. The number of carbonyl (C=O) groups is 1. The lowest BCUT2D eigenvalue weighted by Crippen LogP contribution is -2.43. The van der Waals surface area contributed by atoms with E-state index in [2.05, 4.69) is 6.58 Å². The van der Waals surface area contributed by atoms with Crippen molar-refractivity contribution in [2.24, 2.45) is 11.8 Å². The molecular formula is C21H27FO4. The van der Waals surface area contributed by atoms with Crippen molar-refractivity contribution in [3.8, 4) is 5.75 Å². The van der Waals surface area contributed by atoms with Crippen LogP contribution in [0.25, 0.3) is 0 Å². The number of allylic oxidation sites excluding steroid dienone is 2. The largest absolute Gasteiger partial charge is 0.497 e. The predicted molar refractivity (Wildman–Crippen MR) is 98.4 cm³/mol. The first-order valence-corrected chi connectivity index (χ1v) is 8.90. The summed E-state index contributed by atoms with van der Waals surface area (Å²) in [5.41, 5.74) is -0.821. The summed E-state index contributed by atoms with van der Waals surface area (Å²) in [6.07, 6.45) is 3.92. The standard InChI is InChI=1S/C21H27FO4/c1-5-14(3)17-13-21(24,20(26-6-2)12-19(17)23)10-9-15-7-8-16(25-4)11-18(15)22/h5,7-8,11-12,14,17,24H,1,6,9-10,13H2,2-4H3/t14?,17-,21-/m0/s1. The smallest absolute Gasteiger partial charge is 0.162 e. The topological polar surface area (TPSA) is 55.8 Å². The minimum atomic E-state index is -1.31. The number of hydrogen-bond donors (Lipinski definition) is 1. The van der Waals surface area contributed by atoms with Crippen LogP contribution >= 0.6 is 0 Å². The van der Waals surface area contributed by atoms with Gasteiger partial charge in [0, 0.05) is 18.1 Å². The molecule has 26 heavy (non-hydrogen) atoms. The number of aryl methyl sites for hydroxylation is 1. The molecule has 5 heteroatoms. The molecule has 1 N–H and O–H groups in total. The third kappa shape index (κ3) is 4.33. The minimum Gasteiger partial charge on any atom is -0.497 e. The first-order valence-electron chi connectivity index (χ1n) is 8.90. The quantitative estimate of drug-likeness (QED) is 0.714. The molecule has 0 saturated heterocycles. The van der Waals surface area contributed by atoms with Crippen molar-refractivity contribution in [3.05, 3.63) is 54.1 Å². The van der Waals surface area contributed by atoms with E-state index in [1.807, 2.05) is 6.92 Å². The van der Waals surface area contributed by atoms with E-state index < -0.39 is 5.60 Å². The maximum atomic E-state index is 14.2. The monoisotopic (exact) mass is 362 g/mol. The fourth-order valence-electron chi connectivity index (χ4n) is 3.30. The molecule has 4 nitrogen and oxygen atoms in total. The molecule has 142 valence electrons. The highest BCUT2D eigenvalue weighted by molar-refractivity contribution is 5.94. The van der Waals surface area contributed by atoms with Gasteiger partial charge < -0.3 is 14.6 Å². The normalized spacial score (nSPS) is 24.0. The van der Waals surface area contributed by atoms with Crippen molar-refractivity contribution >= 4 is 5.78 Å². The zero-order chi connectivity index (χ0) is 19.3. The lowest BCUT2D eigenvalue weighted by Gasteiger charge is -2.38. The number of ketones is 1. The molecule has 0 radical (unpaired) electrons. The van der Waals surface area contributed by atoms with Crippen LogP contribution in [0, 0.1) is 17.7 Å². The van der Waals surface area contributed by atoms with E-state index in [4.69, 9.17) is 9.47 Å². The fraction of sp³-hybridized carbons (Fsp3) is 0.476. The zero-order valence-corrected chi connectivity index (χ0v) is 15.6. The molecule has 0 aromatic heterocycles. The second-order valence-corrected chi connectivity index (χ2v) is 6.74. The number of hydrogen-bond acceptors (Lipinski definition) is 4. The summed E-state index contributed by atoms with van der Waals surface area (Å²) < 4.78 is 24.8. The highest BCUT2D eigenvalue weighted by atomic mass is 19.1. The third-order valence-corrected chi connectivity index (χ3v) is 5.03. The Morgan fingerprint density at radius 1 is 1.50 bits per heavy atom. The minimum absolute atomic E-state index is 0.0637. The summed E-state index contributed by atoms with van der Waals surface area (Å²) >= 11 is 0. The van der Waals surface area contributed by atoms with Crippen LogP contribution in [0.4, 0.5) is 4.39 Å². The van der Waals surface area contributed by atoms with E-state index in [1.165, 1.54) is 19.3 Å². The van der Waals surface area contributed by atoms with Gasteiger partial charge in [-0.2, -0.15) is 0 Å². The Morgan fingerprint density at radius 3 is 2.81 bits per heavy atom. The molecule has 2 rings (SSSR count). The van der Waals surface area contributed by atoms with Gasteiger partial charge in [-0.1, -0.05) is 19.1 Å². The first-order chi connectivity index (χ1) is 12.3. The SMILES string of the molecule is C=CC(C)[C@@H]1C[C@@](O)(CCc2ccc(OC)cc2F)C(OCC)=CC1=O. The number of ether oxygens (including phenoxy) is 2. The van der Waals surface area contributed by atoms with E-state index in [-0.39, 0.29) is 42.0 Å². The molecule has 1 unspecified atom stereocenters. The third-order valence-electron chi connectivity index (χ3n) is 5.03. The number of methoxy groups -OCH3 is 1. The van der Waals surface area contributed by atoms with Crippen LogP contribution in [0.5, 0.6) is 5.75 Å². The number of benzene rings is 1. The van der Waals surface area contributed by atoms with Crippen LogP contribution in [0.1, 0.15) is 32.3 Å². The summed E-state index contributed by atoms with van der Waals surface area (Å²) in [4.78, 5) is 12.4. The van der Waals surface area contributed by atoms with Crippen LogP contribution in [-0.2, 0) is 16.0 Å². The molecule has 1 aliphatic rings. The van der Waals surface area contributed by atoms with Gasteiger partial charge in [-0.05, 0) is 43.7 Å². The highest BCUT2D eigenvalue weighted by Crippen LogP contribution is 2.39. The van der Waals surface area contributed by atoms with Crippen LogP contribution in [0.2, 0.25) is 0 Å². The summed E-state index contributed by atoms with van der Waals surface area (Å²) in [7, 11) is 1.48. The molecule has 1 aliphatic carbocycles. The molecule has 3 atom stereocenters. The zero-order valence-electron chi connectivity index (χ0n) is 15.6. The van der Waals surface area contributed by atoms with Crippen molar-refractivity contribution in [3.63, 3.8) is 0 Å². The van der Waals surface area contributed by atoms with Gasteiger partial charge >= 0.3 is 0 Å². The average Bonchev–Trinajstić information content (AvgIpc) is 2.63. The lowest BCUT2D eigenvalue weighted by atomic mass is 9.73. The second-order valence-electron chi connectivity index (χ2n) is 6.74. The Bertz CT molecular complexity index is 697. The van der Waals surface area contributed by atoms with E-state index in [0.717, 1.165) is 0 Å². The summed E-state index contributed by atoms with van der Waals surface area (Å²) in [6.45, 7) is 7.80. The lowest BCUT2D eigenvalue weighted by molar-refractivity contribution is -0.125. The molecular weight excluding hydrogens is 335 g/mol. The van der Waals surface area contributed by atoms with E-state index in [1.54, 1.807) is 25.1 Å². The second kappa shape index (κ2) is 8.49. The fourth-order valence-corrected chi connectivity index (χ4v) is 3.30. The number of halogens is 1. The van der Waals surface area contributed by atoms with E-state index >= 15 is 0 Å². The maximum absolute atomic E-state index is 14.2. The summed E-state index contributed by atoms with van der Waals surface area (Å²) in [6, 6.07) is 4.67. The van der Waals surface area contributed by atoms with Crippen LogP contribution in [0.15, 0.2) is 42.7 Å². The van der Waals surface area contributed by atoms with Crippen LogP contribution < -0.4 is 4.74 Å². The first kappa shape index (κ1) is 20.2. The molecule has 1 aromatic carbocycles. The Kier molecular flexibility index (Phi) is 6.59. The van der Waals surface area contributed by atoms with Gasteiger partial charge in [-0.15, -0.1) is 6.58 Å². The van der Waals surface area contributed by atoms with Crippen LogP contribution in [-0.4, -0.2) is 30.2 Å². The van der Waals surface area contributed by atoms with Gasteiger partial charge in [0.1, 0.15) is 22.9 Å². The molecule has 0 saturated carbocycles. The van der Waals surface area contributed by atoms with E-state index in [0.29, 0.717) is 24.3 Å². The van der Waals surface area contributed by atoms with Gasteiger partial charge in [-0.25, -0.2) is 4.39 Å².